The average Bonchev–Trinajstić information content (AvgIpc) is 2.92. The average molecular weight is 543 g/mol. The molecule has 0 saturated carbocycles. The topological polar surface area (TPSA) is 38.8 Å². The van der Waals surface area contributed by atoms with Crippen LogP contribution >= 0.6 is 0 Å². The molecule has 3 heterocycles. The van der Waals surface area contributed by atoms with E-state index in [0.29, 0.717) is 18.1 Å². The van der Waals surface area contributed by atoms with E-state index in [2.05, 4.69) is 0 Å². The number of carbonyl (C=O) groups is 1. The molecule has 1 atom stereocenters. The zero-order valence-electron chi connectivity index (χ0n) is 21.3. The molecule has 0 spiro atoms. The third-order valence-corrected chi connectivity index (χ3v) is 7.70. The number of carbonyl (C=O) groups excluding carboxylic acids is 1. The van der Waals surface area contributed by atoms with E-state index in [0.717, 1.165) is 55.7 Å². The predicted octanol–water partition coefficient (Wildman–Crippen LogP) is 3.19. The summed E-state index contributed by atoms with van der Waals surface area (Å²) in [4.78, 5) is 14.8. The van der Waals surface area contributed by atoms with Crippen LogP contribution in [-0.2, 0) is 11.3 Å². The molecule has 3 aliphatic heterocycles. The minimum Gasteiger partial charge on any atom is -1.00 e. The van der Waals surface area contributed by atoms with Gasteiger partial charge in [-0.1, -0.05) is 42.5 Å². The van der Waals surface area contributed by atoms with Gasteiger partial charge >= 0.3 is 6.09 Å². The van der Waals surface area contributed by atoms with Crippen LogP contribution in [0.2, 0.25) is 0 Å². The smallest absolute Gasteiger partial charge is 0.415 e. The quantitative estimate of drug-likeness (QED) is 0.308. The van der Waals surface area contributed by atoms with Crippen molar-refractivity contribution in [3.05, 3.63) is 96.1 Å². The van der Waals surface area contributed by atoms with Gasteiger partial charge in [0.2, 0.25) is 0 Å². The molecule has 2 bridgehead atoms. The Hall–Kier alpha value is -3.16. The third-order valence-electron chi connectivity index (χ3n) is 7.70. The first-order chi connectivity index (χ1) is 18.0. The monoisotopic (exact) mass is 542 g/mol. The molecule has 3 aromatic rings. The lowest BCUT2D eigenvalue weighted by atomic mass is 9.83. The summed E-state index contributed by atoms with van der Waals surface area (Å²) in [6, 6.07) is 21.9. The minimum atomic E-state index is -0.571. The summed E-state index contributed by atoms with van der Waals surface area (Å²) >= 11 is 0. The lowest BCUT2D eigenvalue weighted by molar-refractivity contribution is -0.946. The molecule has 202 valence electrons. The molecule has 3 aromatic carbocycles. The van der Waals surface area contributed by atoms with Crippen LogP contribution in [0.5, 0.6) is 5.75 Å². The largest absolute Gasteiger partial charge is 1.00 e. The number of amides is 1. The van der Waals surface area contributed by atoms with Gasteiger partial charge in [-0.2, -0.15) is 0 Å². The SMILES string of the molecule is O=C(O[C@H]1C[N+]2(CCCOc3ccccc3)CCC1CC2)N(Cc1ccc(F)cc1)c1ccccc1F.[Cl-]. The first kappa shape index (κ1) is 27.9. The Morgan fingerprint density at radius 3 is 2.32 bits per heavy atom. The Kier molecular flexibility index (Phi) is 9.23. The second-order valence-corrected chi connectivity index (χ2v) is 10.1. The van der Waals surface area contributed by atoms with Gasteiger partial charge in [0.15, 0.2) is 6.10 Å². The fourth-order valence-corrected chi connectivity index (χ4v) is 5.66. The van der Waals surface area contributed by atoms with Gasteiger partial charge in [0.1, 0.15) is 23.9 Å². The maximum Gasteiger partial charge on any atom is 0.415 e. The number of para-hydroxylation sites is 2. The number of anilines is 1. The van der Waals surface area contributed by atoms with Crippen LogP contribution in [-0.4, -0.2) is 49.5 Å². The third kappa shape index (κ3) is 6.63. The number of quaternary nitrogens is 1. The first-order valence-corrected chi connectivity index (χ1v) is 13.0. The van der Waals surface area contributed by atoms with E-state index in [1.165, 1.54) is 23.1 Å². The number of fused-ring (bicyclic) bond motifs is 3. The summed E-state index contributed by atoms with van der Waals surface area (Å²) in [5.74, 6) is 0.329. The number of hydrogen-bond acceptors (Lipinski definition) is 3. The summed E-state index contributed by atoms with van der Waals surface area (Å²) in [7, 11) is 0. The Morgan fingerprint density at radius 2 is 1.61 bits per heavy atom. The van der Waals surface area contributed by atoms with Crippen molar-refractivity contribution in [2.24, 2.45) is 5.92 Å². The zero-order valence-corrected chi connectivity index (χ0v) is 22.0. The fraction of sp³-hybridized carbons (Fsp3) is 0.367. The van der Waals surface area contributed by atoms with Gasteiger partial charge < -0.3 is 26.4 Å². The summed E-state index contributed by atoms with van der Waals surface area (Å²) in [5, 5.41) is 0. The molecular formula is C30H33ClF2N2O3. The van der Waals surface area contributed by atoms with Crippen molar-refractivity contribution in [2.45, 2.75) is 31.9 Å². The van der Waals surface area contributed by atoms with Crippen LogP contribution in [0.1, 0.15) is 24.8 Å². The highest BCUT2D eigenvalue weighted by atomic mass is 35.5. The highest BCUT2D eigenvalue weighted by Gasteiger charge is 2.47. The van der Waals surface area contributed by atoms with Crippen molar-refractivity contribution in [3.8, 4) is 5.75 Å². The molecular weight excluding hydrogens is 510 g/mol. The molecule has 5 nitrogen and oxygen atoms in total. The van der Waals surface area contributed by atoms with E-state index in [-0.39, 0.29) is 36.6 Å². The Morgan fingerprint density at radius 1 is 0.921 bits per heavy atom. The molecule has 3 saturated heterocycles. The molecule has 0 radical (unpaired) electrons. The lowest BCUT2D eigenvalue weighted by Gasteiger charge is -2.52. The molecule has 38 heavy (non-hydrogen) atoms. The summed E-state index contributed by atoms with van der Waals surface area (Å²) in [5.41, 5.74) is 0.845. The molecule has 6 rings (SSSR count). The molecule has 1 amide bonds. The van der Waals surface area contributed by atoms with E-state index in [9.17, 15) is 13.6 Å². The molecule has 8 heteroatoms. The molecule has 0 unspecified atom stereocenters. The summed E-state index contributed by atoms with van der Waals surface area (Å²) in [6.07, 6.45) is 2.16. The van der Waals surface area contributed by atoms with Crippen LogP contribution < -0.4 is 22.0 Å². The normalized spacial score (nSPS) is 21.8. The van der Waals surface area contributed by atoms with E-state index in [1.807, 2.05) is 30.3 Å². The number of benzene rings is 3. The molecule has 3 aliphatic rings. The van der Waals surface area contributed by atoms with E-state index >= 15 is 0 Å². The number of ether oxygens (including phenoxy) is 2. The molecule has 0 N–H and O–H groups in total. The van der Waals surface area contributed by atoms with E-state index < -0.39 is 11.9 Å². The van der Waals surface area contributed by atoms with Crippen molar-refractivity contribution >= 4 is 11.8 Å². The van der Waals surface area contributed by atoms with Crippen molar-refractivity contribution in [1.82, 2.24) is 0 Å². The first-order valence-electron chi connectivity index (χ1n) is 13.0. The van der Waals surface area contributed by atoms with Crippen molar-refractivity contribution < 1.29 is 39.9 Å². The van der Waals surface area contributed by atoms with Crippen LogP contribution in [0.15, 0.2) is 78.9 Å². The Labute approximate surface area is 229 Å². The number of piperidine rings is 3. The number of rotatable bonds is 9. The maximum absolute atomic E-state index is 14.7. The molecule has 0 aromatic heterocycles. The van der Waals surface area contributed by atoms with Gasteiger partial charge in [-0.05, 0) is 42.0 Å². The van der Waals surface area contributed by atoms with Gasteiger partial charge in [0.25, 0.3) is 0 Å². The number of nitrogens with zero attached hydrogens (tertiary/aromatic N) is 2. The van der Waals surface area contributed by atoms with Gasteiger partial charge in [-0.25, -0.2) is 13.6 Å². The maximum atomic E-state index is 14.7. The van der Waals surface area contributed by atoms with Gasteiger partial charge in [0, 0.05) is 25.2 Å². The van der Waals surface area contributed by atoms with Gasteiger partial charge in [-0.15, -0.1) is 0 Å². The highest BCUT2D eigenvalue weighted by Crippen LogP contribution is 2.36. The second-order valence-electron chi connectivity index (χ2n) is 10.1. The predicted molar refractivity (Wildman–Crippen MR) is 138 cm³/mol. The summed E-state index contributed by atoms with van der Waals surface area (Å²) in [6.45, 7) is 4.64. The zero-order chi connectivity index (χ0) is 25.7. The van der Waals surface area contributed by atoms with Crippen LogP contribution in [0.3, 0.4) is 0 Å². The standard InChI is InChI=1S/C30H33F2N2O3.ClH/c31-25-13-11-23(12-14-25)21-33(28-10-5-4-9-27(28)32)30(35)37-29-22-34(18-15-24(29)16-19-34)17-6-20-36-26-7-2-1-3-8-26;/h1-5,7-14,24,29H,6,15-22H2;1H/q+1;/p-1/t24?,29-,34?;/m0./s1. The minimum absolute atomic E-state index is 0. The van der Waals surface area contributed by atoms with Crippen LogP contribution in [0, 0.1) is 17.6 Å². The Bertz CT molecular complexity index is 1190. The van der Waals surface area contributed by atoms with E-state index in [1.54, 1.807) is 30.3 Å². The van der Waals surface area contributed by atoms with Crippen LogP contribution in [0.4, 0.5) is 19.3 Å². The van der Waals surface area contributed by atoms with Gasteiger partial charge in [-0.3, -0.25) is 4.90 Å². The second kappa shape index (κ2) is 12.6. The highest BCUT2D eigenvalue weighted by molar-refractivity contribution is 5.87. The van der Waals surface area contributed by atoms with Crippen molar-refractivity contribution in [2.75, 3.05) is 37.7 Å². The lowest BCUT2D eigenvalue weighted by Crippen LogP contribution is -3.00. The van der Waals surface area contributed by atoms with Crippen molar-refractivity contribution in [3.63, 3.8) is 0 Å². The van der Waals surface area contributed by atoms with Gasteiger partial charge in [0.05, 0.1) is 38.5 Å². The number of hydrogen-bond donors (Lipinski definition) is 0. The van der Waals surface area contributed by atoms with Crippen LogP contribution in [0.25, 0.3) is 0 Å². The van der Waals surface area contributed by atoms with Crippen molar-refractivity contribution in [1.29, 1.82) is 0 Å². The van der Waals surface area contributed by atoms with E-state index in [4.69, 9.17) is 9.47 Å². The molecule has 0 aliphatic carbocycles. The summed E-state index contributed by atoms with van der Waals surface area (Å²) < 4.78 is 41.1. The number of halogens is 3. The fourth-order valence-electron chi connectivity index (χ4n) is 5.66. The molecule has 3 fully saturated rings. The Balaban J connectivity index is 0.00000336.